The van der Waals surface area contributed by atoms with Crippen molar-refractivity contribution in [1.29, 1.82) is 0 Å². The van der Waals surface area contributed by atoms with E-state index < -0.39 is 11.6 Å². The van der Waals surface area contributed by atoms with Crippen LogP contribution in [0.3, 0.4) is 0 Å². The molecule has 0 bridgehead atoms. The molecule has 0 amide bonds. The lowest BCUT2D eigenvalue weighted by Crippen LogP contribution is -2.22. The van der Waals surface area contributed by atoms with Crippen molar-refractivity contribution < 1.29 is 8.78 Å². The third kappa shape index (κ3) is 4.43. The monoisotopic (exact) mass is 241 g/mol. The molecule has 0 saturated carbocycles. The van der Waals surface area contributed by atoms with Crippen molar-refractivity contribution in [1.82, 2.24) is 5.32 Å². The van der Waals surface area contributed by atoms with Crippen molar-refractivity contribution in [2.75, 3.05) is 6.54 Å². The van der Waals surface area contributed by atoms with Crippen LogP contribution < -0.4 is 5.32 Å². The summed E-state index contributed by atoms with van der Waals surface area (Å²) in [4.78, 5) is 0. The molecule has 1 atom stereocenters. The molecule has 3 heteroatoms. The van der Waals surface area contributed by atoms with Crippen LogP contribution in [-0.4, -0.2) is 6.54 Å². The highest BCUT2D eigenvalue weighted by Gasteiger charge is 2.14. The van der Waals surface area contributed by atoms with E-state index in [0.29, 0.717) is 5.92 Å². The summed E-state index contributed by atoms with van der Waals surface area (Å²) >= 11 is 0. The highest BCUT2D eigenvalue weighted by atomic mass is 19.1. The van der Waals surface area contributed by atoms with Gasteiger partial charge in [0.2, 0.25) is 0 Å². The Labute approximate surface area is 102 Å². The van der Waals surface area contributed by atoms with Crippen molar-refractivity contribution in [2.24, 2.45) is 5.92 Å². The first-order chi connectivity index (χ1) is 8.02. The summed E-state index contributed by atoms with van der Waals surface area (Å²) in [5.74, 6) is -0.292. The normalized spacial score (nSPS) is 13.1. The Hall–Kier alpha value is -0.960. The van der Waals surface area contributed by atoms with Gasteiger partial charge in [0.05, 0.1) is 0 Å². The van der Waals surface area contributed by atoms with E-state index in [9.17, 15) is 8.78 Å². The maximum absolute atomic E-state index is 13.5. The molecule has 0 aliphatic heterocycles. The Balaban J connectivity index is 2.49. The number of hydrogen-bond donors (Lipinski definition) is 1. The van der Waals surface area contributed by atoms with E-state index in [-0.39, 0.29) is 11.6 Å². The van der Waals surface area contributed by atoms with Crippen LogP contribution in [0, 0.1) is 17.6 Å². The average molecular weight is 241 g/mol. The van der Waals surface area contributed by atoms with Crippen LogP contribution in [-0.2, 0) is 0 Å². The molecule has 96 valence electrons. The first kappa shape index (κ1) is 14.1. The Morgan fingerprint density at radius 3 is 2.24 bits per heavy atom. The zero-order valence-electron chi connectivity index (χ0n) is 10.8. The molecular weight excluding hydrogens is 220 g/mol. The highest BCUT2D eigenvalue weighted by Crippen LogP contribution is 2.20. The third-order valence-corrected chi connectivity index (χ3v) is 2.84. The summed E-state index contributed by atoms with van der Waals surface area (Å²) in [6.45, 7) is 6.91. The summed E-state index contributed by atoms with van der Waals surface area (Å²) in [7, 11) is 0. The topological polar surface area (TPSA) is 12.0 Å². The molecule has 0 aliphatic carbocycles. The molecule has 1 aromatic rings. The summed E-state index contributed by atoms with van der Waals surface area (Å²) in [5.41, 5.74) is 0.136. The molecule has 1 rings (SSSR count). The van der Waals surface area contributed by atoms with Gasteiger partial charge in [-0.2, -0.15) is 0 Å². The van der Waals surface area contributed by atoms with Gasteiger partial charge in [0.25, 0.3) is 0 Å². The highest BCUT2D eigenvalue weighted by molar-refractivity contribution is 5.22. The molecule has 1 nitrogen and oxygen atoms in total. The zero-order chi connectivity index (χ0) is 12.8. The first-order valence-corrected chi connectivity index (χ1v) is 6.19. The van der Waals surface area contributed by atoms with Crippen LogP contribution in [0.2, 0.25) is 0 Å². The van der Waals surface area contributed by atoms with Gasteiger partial charge in [-0.1, -0.05) is 19.9 Å². The standard InChI is InChI=1S/C14H21F2N/c1-10(2)6-5-9-17-11(3)14-12(15)7-4-8-13(14)16/h4,7-8,10-11,17H,5-6,9H2,1-3H3. The third-order valence-electron chi connectivity index (χ3n) is 2.84. The van der Waals surface area contributed by atoms with Gasteiger partial charge < -0.3 is 5.32 Å². The predicted octanol–water partition coefficient (Wildman–Crippen LogP) is 4.05. The summed E-state index contributed by atoms with van der Waals surface area (Å²) in [6.07, 6.45) is 2.15. The van der Waals surface area contributed by atoms with Crippen LogP contribution in [0.1, 0.15) is 45.2 Å². The second-order valence-electron chi connectivity index (χ2n) is 4.85. The van der Waals surface area contributed by atoms with E-state index in [1.54, 1.807) is 6.92 Å². The van der Waals surface area contributed by atoms with Crippen LogP contribution >= 0.6 is 0 Å². The van der Waals surface area contributed by atoms with E-state index in [2.05, 4.69) is 19.2 Å². The molecule has 0 spiro atoms. The largest absolute Gasteiger partial charge is 0.310 e. The second kappa shape index (κ2) is 6.70. The van der Waals surface area contributed by atoms with Crippen molar-refractivity contribution in [3.63, 3.8) is 0 Å². The Morgan fingerprint density at radius 2 is 1.71 bits per heavy atom. The molecule has 0 aliphatic rings. The van der Waals surface area contributed by atoms with Crippen molar-refractivity contribution in [3.8, 4) is 0 Å². The Morgan fingerprint density at radius 1 is 1.12 bits per heavy atom. The smallest absolute Gasteiger partial charge is 0.130 e. The van der Waals surface area contributed by atoms with Crippen LogP contribution in [0.4, 0.5) is 8.78 Å². The van der Waals surface area contributed by atoms with Crippen molar-refractivity contribution >= 4 is 0 Å². The van der Waals surface area contributed by atoms with Crippen LogP contribution in [0.25, 0.3) is 0 Å². The van der Waals surface area contributed by atoms with Gasteiger partial charge in [-0.3, -0.25) is 0 Å². The number of rotatable bonds is 6. The number of benzene rings is 1. The molecule has 0 saturated heterocycles. The summed E-state index contributed by atoms with van der Waals surface area (Å²) < 4.78 is 26.9. The molecule has 17 heavy (non-hydrogen) atoms. The lowest BCUT2D eigenvalue weighted by Gasteiger charge is -2.16. The number of nitrogens with one attached hydrogen (secondary N) is 1. The van der Waals surface area contributed by atoms with Gasteiger partial charge in [0.15, 0.2) is 0 Å². The predicted molar refractivity (Wildman–Crippen MR) is 66.8 cm³/mol. The molecular formula is C14H21F2N. The van der Waals surface area contributed by atoms with E-state index in [0.717, 1.165) is 19.4 Å². The molecule has 1 N–H and O–H groups in total. The first-order valence-electron chi connectivity index (χ1n) is 6.19. The van der Waals surface area contributed by atoms with Gasteiger partial charge in [-0.15, -0.1) is 0 Å². The van der Waals surface area contributed by atoms with Gasteiger partial charge in [0.1, 0.15) is 11.6 Å². The van der Waals surface area contributed by atoms with Crippen molar-refractivity contribution in [2.45, 2.75) is 39.7 Å². The lowest BCUT2D eigenvalue weighted by atomic mass is 10.1. The quantitative estimate of drug-likeness (QED) is 0.741. The number of hydrogen-bond acceptors (Lipinski definition) is 1. The summed E-state index contributed by atoms with van der Waals surface area (Å²) in [6, 6.07) is 3.69. The zero-order valence-corrected chi connectivity index (χ0v) is 10.8. The fourth-order valence-corrected chi connectivity index (χ4v) is 1.86. The van der Waals surface area contributed by atoms with Gasteiger partial charge >= 0.3 is 0 Å². The lowest BCUT2D eigenvalue weighted by molar-refractivity contribution is 0.464. The van der Waals surface area contributed by atoms with Crippen LogP contribution in [0.15, 0.2) is 18.2 Å². The van der Waals surface area contributed by atoms with E-state index in [4.69, 9.17) is 0 Å². The van der Waals surface area contributed by atoms with Gasteiger partial charge in [0, 0.05) is 11.6 Å². The molecule has 0 fully saturated rings. The summed E-state index contributed by atoms with van der Waals surface area (Å²) in [5, 5.41) is 3.16. The van der Waals surface area contributed by atoms with E-state index >= 15 is 0 Å². The molecule has 1 aromatic carbocycles. The molecule has 0 radical (unpaired) electrons. The number of halogens is 2. The average Bonchev–Trinajstić information content (AvgIpc) is 2.24. The van der Waals surface area contributed by atoms with Gasteiger partial charge in [-0.05, 0) is 44.4 Å². The second-order valence-corrected chi connectivity index (χ2v) is 4.85. The molecule has 0 aromatic heterocycles. The van der Waals surface area contributed by atoms with Crippen LogP contribution in [0.5, 0.6) is 0 Å². The SMILES string of the molecule is CC(C)CCCNC(C)c1c(F)cccc1F. The van der Waals surface area contributed by atoms with E-state index in [1.165, 1.54) is 18.2 Å². The molecule has 0 heterocycles. The van der Waals surface area contributed by atoms with E-state index in [1.807, 2.05) is 0 Å². The van der Waals surface area contributed by atoms with Gasteiger partial charge in [-0.25, -0.2) is 8.78 Å². The fourth-order valence-electron chi connectivity index (χ4n) is 1.86. The maximum atomic E-state index is 13.5. The van der Waals surface area contributed by atoms with Crippen molar-refractivity contribution in [3.05, 3.63) is 35.4 Å². The minimum atomic E-state index is -0.478. The maximum Gasteiger partial charge on any atom is 0.130 e. The Kier molecular flexibility index (Phi) is 5.56. The minimum Gasteiger partial charge on any atom is -0.310 e. The fraction of sp³-hybridized carbons (Fsp3) is 0.571. The molecule has 1 unspecified atom stereocenters. The Bertz CT molecular complexity index is 330. The minimum absolute atomic E-state index is 0.136.